The second-order valence-electron chi connectivity index (χ2n) is 4.99. The van der Waals surface area contributed by atoms with Crippen molar-refractivity contribution in [1.29, 1.82) is 0 Å². The van der Waals surface area contributed by atoms with Crippen LogP contribution < -0.4 is 0 Å². The summed E-state index contributed by atoms with van der Waals surface area (Å²) in [6.07, 6.45) is 0.161. The molecule has 1 aliphatic carbocycles. The fourth-order valence-electron chi connectivity index (χ4n) is 2.43. The van der Waals surface area contributed by atoms with Crippen LogP contribution in [0.3, 0.4) is 0 Å². The second-order valence-corrected chi connectivity index (χ2v) is 6.23. The minimum atomic E-state index is -4.53. The summed E-state index contributed by atoms with van der Waals surface area (Å²) in [6, 6.07) is 0. The molecule has 0 aromatic rings. The zero-order valence-electron chi connectivity index (χ0n) is 9.88. The monoisotopic (exact) mass is 282 g/mol. The first kappa shape index (κ1) is 14.4. The van der Waals surface area contributed by atoms with Crippen molar-refractivity contribution in [2.75, 3.05) is 6.61 Å². The van der Waals surface area contributed by atoms with Crippen molar-refractivity contribution in [3.63, 3.8) is 0 Å². The molecule has 0 radical (unpaired) electrons. The van der Waals surface area contributed by atoms with E-state index in [9.17, 15) is 14.8 Å². The molecule has 0 spiro atoms. The molecule has 4 N–H and O–H groups in total. The molecule has 8 heteroatoms. The van der Waals surface area contributed by atoms with Crippen molar-refractivity contribution >= 4 is 7.82 Å². The highest BCUT2D eigenvalue weighted by atomic mass is 31.2. The lowest BCUT2D eigenvalue weighted by atomic mass is 9.76. The number of hydrogen-bond acceptors (Lipinski definition) is 5. The van der Waals surface area contributed by atoms with Crippen molar-refractivity contribution in [1.82, 2.24) is 0 Å². The van der Waals surface area contributed by atoms with Gasteiger partial charge in [0.25, 0.3) is 0 Å². The summed E-state index contributed by atoms with van der Waals surface area (Å²) >= 11 is 0. The van der Waals surface area contributed by atoms with E-state index in [2.05, 4.69) is 4.52 Å². The van der Waals surface area contributed by atoms with E-state index in [1.165, 1.54) is 0 Å². The maximum Gasteiger partial charge on any atom is 0.469 e. The van der Waals surface area contributed by atoms with Gasteiger partial charge in [0.1, 0.15) is 6.10 Å². The largest absolute Gasteiger partial charge is 0.469 e. The van der Waals surface area contributed by atoms with E-state index < -0.39 is 32.2 Å². The smallest absolute Gasteiger partial charge is 0.390 e. The van der Waals surface area contributed by atoms with Gasteiger partial charge in [-0.3, -0.25) is 4.52 Å². The van der Waals surface area contributed by atoms with E-state index in [1.807, 2.05) is 0 Å². The van der Waals surface area contributed by atoms with E-state index in [4.69, 9.17) is 14.5 Å². The lowest BCUT2D eigenvalue weighted by molar-refractivity contribution is -0.200. The summed E-state index contributed by atoms with van der Waals surface area (Å²) < 4.78 is 20.6. The number of aliphatic hydroxyl groups is 2. The average molecular weight is 282 g/mol. The summed E-state index contributed by atoms with van der Waals surface area (Å²) in [5.41, 5.74) is 0. The number of phosphoric acid groups is 1. The molecule has 106 valence electrons. The Kier molecular flexibility index (Phi) is 4.44. The third-order valence-corrected chi connectivity index (χ3v) is 4.11. The molecule has 0 amide bonds. The van der Waals surface area contributed by atoms with Gasteiger partial charge in [-0.1, -0.05) is 6.42 Å². The van der Waals surface area contributed by atoms with Crippen molar-refractivity contribution in [3.05, 3.63) is 0 Å². The lowest BCUT2D eigenvalue weighted by Crippen LogP contribution is -2.53. The van der Waals surface area contributed by atoms with Crippen LogP contribution in [-0.4, -0.2) is 51.0 Å². The van der Waals surface area contributed by atoms with Gasteiger partial charge in [-0.05, 0) is 18.8 Å². The molecular weight excluding hydrogens is 263 g/mol. The minimum absolute atomic E-state index is 0.115. The lowest BCUT2D eigenvalue weighted by Gasteiger charge is -2.43. The maximum absolute atomic E-state index is 10.6. The quantitative estimate of drug-likeness (QED) is 0.526. The summed E-state index contributed by atoms with van der Waals surface area (Å²) in [6.45, 7) is -0.280. The Labute approximate surface area is 105 Å². The van der Waals surface area contributed by atoms with Gasteiger partial charge in [-0.2, -0.15) is 0 Å². The number of ether oxygens (including phenoxy) is 1. The van der Waals surface area contributed by atoms with E-state index >= 15 is 0 Å². The van der Waals surface area contributed by atoms with Crippen molar-refractivity contribution in [3.8, 4) is 0 Å². The molecular formula is C10H19O7P. The molecule has 2 fully saturated rings. The number of rotatable bonds is 4. The molecule has 2 rings (SSSR count). The summed E-state index contributed by atoms with van der Waals surface area (Å²) in [5.74, 6) is 0.215. The fraction of sp³-hybridized carbons (Fsp3) is 1.00. The normalized spacial score (nSPS) is 38.4. The highest BCUT2D eigenvalue weighted by molar-refractivity contribution is 7.46. The highest BCUT2D eigenvalue weighted by Gasteiger charge is 2.43. The van der Waals surface area contributed by atoms with E-state index in [0.29, 0.717) is 0 Å². The van der Waals surface area contributed by atoms with Crippen LogP contribution in [0.5, 0.6) is 0 Å². The molecule has 1 heterocycles. The van der Waals surface area contributed by atoms with E-state index in [0.717, 1.165) is 19.3 Å². The molecule has 7 nitrogen and oxygen atoms in total. The van der Waals surface area contributed by atoms with Crippen molar-refractivity contribution in [2.24, 2.45) is 5.92 Å². The SMILES string of the molecule is O=P(O)(O)OCC1CC(O)C(O)C(C2CCC2)O1. The molecule has 18 heavy (non-hydrogen) atoms. The van der Waals surface area contributed by atoms with Gasteiger partial charge >= 0.3 is 7.82 Å². The summed E-state index contributed by atoms with van der Waals surface area (Å²) in [4.78, 5) is 17.2. The zero-order chi connectivity index (χ0) is 13.3. The second kappa shape index (κ2) is 5.54. The molecule has 0 aromatic heterocycles. The average Bonchev–Trinajstić information content (AvgIpc) is 2.18. The number of hydrogen-bond donors (Lipinski definition) is 4. The van der Waals surface area contributed by atoms with Gasteiger partial charge in [0.05, 0.1) is 24.9 Å². The van der Waals surface area contributed by atoms with E-state index in [1.54, 1.807) is 0 Å². The van der Waals surface area contributed by atoms with Crippen molar-refractivity contribution < 1.29 is 33.8 Å². The Morgan fingerprint density at radius 3 is 2.44 bits per heavy atom. The zero-order valence-corrected chi connectivity index (χ0v) is 10.8. The first-order valence-electron chi connectivity index (χ1n) is 6.08. The van der Waals surface area contributed by atoms with E-state index in [-0.39, 0.29) is 18.9 Å². The van der Waals surface area contributed by atoms with Crippen LogP contribution in [0.4, 0.5) is 0 Å². The standard InChI is InChI=1S/C10H19O7P/c11-8-4-7(5-16-18(13,14)15)17-10(9(8)12)6-2-1-3-6/h6-12H,1-5H2,(H2,13,14,15). The Bertz CT molecular complexity index is 326. The molecule has 1 aliphatic heterocycles. The van der Waals surface area contributed by atoms with Crippen LogP contribution in [0.25, 0.3) is 0 Å². The maximum atomic E-state index is 10.6. The van der Waals surface area contributed by atoms with Crippen molar-refractivity contribution in [2.45, 2.75) is 50.1 Å². The molecule has 1 saturated heterocycles. The first-order valence-corrected chi connectivity index (χ1v) is 7.61. The van der Waals surface area contributed by atoms with Gasteiger partial charge < -0.3 is 24.7 Å². The van der Waals surface area contributed by atoms with Crippen LogP contribution in [0.2, 0.25) is 0 Å². The Morgan fingerprint density at radius 2 is 1.94 bits per heavy atom. The predicted octanol–water partition coefficient (Wildman–Crippen LogP) is -0.225. The van der Waals surface area contributed by atoms with Crippen LogP contribution in [0.1, 0.15) is 25.7 Å². The number of phosphoric ester groups is 1. The molecule has 0 bridgehead atoms. The Hall–Kier alpha value is -0.0100. The van der Waals surface area contributed by atoms with Gasteiger partial charge in [-0.15, -0.1) is 0 Å². The highest BCUT2D eigenvalue weighted by Crippen LogP contribution is 2.39. The summed E-state index contributed by atoms with van der Waals surface area (Å²) in [7, 11) is -4.53. The Balaban J connectivity index is 1.90. The third-order valence-electron chi connectivity index (χ3n) is 3.63. The topological polar surface area (TPSA) is 116 Å². The molecule has 0 aromatic carbocycles. The third kappa shape index (κ3) is 3.51. The molecule has 4 unspecified atom stereocenters. The van der Waals surface area contributed by atoms with Crippen LogP contribution >= 0.6 is 7.82 Å². The summed E-state index contributed by atoms with van der Waals surface area (Å²) in [5, 5.41) is 19.6. The van der Waals surface area contributed by atoms with Crippen LogP contribution in [0.15, 0.2) is 0 Å². The van der Waals surface area contributed by atoms with Crippen LogP contribution in [-0.2, 0) is 13.8 Å². The fourth-order valence-corrected chi connectivity index (χ4v) is 2.79. The molecule has 2 aliphatic rings. The Morgan fingerprint density at radius 1 is 1.28 bits per heavy atom. The molecule has 1 saturated carbocycles. The van der Waals surface area contributed by atoms with Gasteiger partial charge in [0.15, 0.2) is 0 Å². The first-order chi connectivity index (χ1) is 8.37. The molecule has 4 atom stereocenters. The number of aliphatic hydroxyl groups excluding tert-OH is 2. The van der Waals surface area contributed by atoms with Gasteiger partial charge in [0, 0.05) is 6.42 Å². The van der Waals surface area contributed by atoms with Crippen LogP contribution in [0, 0.1) is 5.92 Å². The predicted molar refractivity (Wildman–Crippen MR) is 60.6 cm³/mol. The van der Waals surface area contributed by atoms with Gasteiger partial charge in [-0.25, -0.2) is 4.57 Å². The minimum Gasteiger partial charge on any atom is -0.390 e. The van der Waals surface area contributed by atoms with Gasteiger partial charge in [0.2, 0.25) is 0 Å².